The van der Waals surface area contributed by atoms with E-state index in [4.69, 9.17) is 11.6 Å². The van der Waals surface area contributed by atoms with Crippen LogP contribution in [-0.4, -0.2) is 19.6 Å². The number of halogens is 1. The topological polar surface area (TPSA) is 69.2 Å². The Morgan fingerprint density at radius 1 is 0.889 bits per heavy atom. The van der Waals surface area contributed by atoms with Gasteiger partial charge in [0.2, 0.25) is 0 Å². The number of carbonyl (C=O) groups excluding carboxylic acids is 1. The van der Waals surface area contributed by atoms with E-state index in [0.717, 1.165) is 29.8 Å². The van der Waals surface area contributed by atoms with E-state index in [1.807, 2.05) is 42.5 Å². The molecule has 1 aliphatic heterocycles. The summed E-state index contributed by atoms with van der Waals surface area (Å²) in [5, 5.41) is 0.610. The van der Waals surface area contributed by atoms with Crippen molar-refractivity contribution in [2.24, 2.45) is 14.1 Å². The van der Waals surface area contributed by atoms with Crippen LogP contribution < -0.4 is 16.0 Å². The van der Waals surface area contributed by atoms with Crippen LogP contribution in [0.2, 0.25) is 5.02 Å². The van der Waals surface area contributed by atoms with Crippen LogP contribution in [0.15, 0.2) is 70.5 Å². The number of hydrogen-bond acceptors (Lipinski definition) is 3. The fraction of sp³-hybridized carbons (Fsp3) is 0.250. The second kappa shape index (κ2) is 8.10. The van der Waals surface area contributed by atoms with E-state index in [1.54, 1.807) is 48.9 Å². The molecule has 3 aromatic heterocycles. The lowest BCUT2D eigenvalue weighted by atomic mass is 10.0. The van der Waals surface area contributed by atoms with Crippen LogP contribution in [0.5, 0.6) is 0 Å². The van der Waals surface area contributed by atoms with Gasteiger partial charge in [-0.25, -0.2) is 0 Å². The largest absolute Gasteiger partial charge is 0.338 e. The molecule has 1 atom stereocenters. The number of anilines is 1. The molecule has 7 nitrogen and oxygen atoms in total. The molecule has 1 fully saturated rings. The summed E-state index contributed by atoms with van der Waals surface area (Å²) >= 11 is 6.21. The first-order valence-corrected chi connectivity index (χ1v) is 12.3. The number of fused-ring (bicyclic) bond motifs is 1. The van der Waals surface area contributed by atoms with E-state index < -0.39 is 6.04 Å². The van der Waals surface area contributed by atoms with Crippen LogP contribution in [0.4, 0.5) is 5.69 Å². The third-order valence-corrected chi connectivity index (χ3v) is 7.42. The van der Waals surface area contributed by atoms with Crippen LogP contribution in [-0.2, 0) is 14.1 Å². The highest BCUT2D eigenvalue weighted by molar-refractivity contribution is 6.30. The van der Waals surface area contributed by atoms with Crippen molar-refractivity contribution in [3.63, 3.8) is 0 Å². The number of rotatable bonds is 4. The van der Waals surface area contributed by atoms with E-state index in [-0.39, 0.29) is 23.1 Å². The molecule has 0 radical (unpaired) electrons. The summed E-state index contributed by atoms with van der Waals surface area (Å²) in [5.74, 6) is -0.156. The lowest BCUT2D eigenvalue weighted by molar-refractivity contribution is 0.0993. The first-order valence-electron chi connectivity index (χ1n) is 11.9. The van der Waals surface area contributed by atoms with Crippen molar-refractivity contribution >= 4 is 23.2 Å². The van der Waals surface area contributed by atoms with E-state index in [1.165, 1.54) is 4.57 Å². The Labute approximate surface area is 212 Å². The Kier molecular flexibility index (Phi) is 5.09. The second-order valence-electron chi connectivity index (χ2n) is 9.69. The number of carbonyl (C=O) groups is 1. The molecule has 8 heteroatoms. The number of pyridine rings is 2. The van der Waals surface area contributed by atoms with Crippen LogP contribution in [0.3, 0.4) is 0 Å². The molecular formula is C28H25ClN4O3. The maximum atomic E-state index is 14.1. The second-order valence-corrected chi connectivity index (χ2v) is 10.1. The van der Waals surface area contributed by atoms with E-state index in [9.17, 15) is 14.4 Å². The molecule has 4 aromatic rings. The summed E-state index contributed by atoms with van der Waals surface area (Å²) in [6, 6.07) is 14.6. The summed E-state index contributed by atoms with van der Waals surface area (Å²) < 4.78 is 5.26. The first kappa shape index (κ1) is 22.6. The van der Waals surface area contributed by atoms with Crippen molar-refractivity contribution in [1.29, 1.82) is 0 Å². The van der Waals surface area contributed by atoms with Crippen LogP contribution in [0.25, 0.3) is 11.3 Å². The minimum Gasteiger partial charge on any atom is -0.338 e. The summed E-state index contributed by atoms with van der Waals surface area (Å²) in [6.45, 7) is 1.75. The molecule has 2 aliphatic rings. The van der Waals surface area contributed by atoms with Gasteiger partial charge in [0.15, 0.2) is 0 Å². The molecule has 1 amide bonds. The van der Waals surface area contributed by atoms with Crippen molar-refractivity contribution in [2.45, 2.75) is 31.8 Å². The summed E-state index contributed by atoms with van der Waals surface area (Å²) in [4.78, 5) is 41.3. The molecule has 0 bridgehead atoms. The highest BCUT2D eigenvalue weighted by Crippen LogP contribution is 2.49. The maximum absolute atomic E-state index is 14.1. The molecule has 36 heavy (non-hydrogen) atoms. The Balaban J connectivity index is 1.63. The number of aryl methyl sites for hydroxylation is 3. The summed E-state index contributed by atoms with van der Waals surface area (Å²) in [7, 11) is 3.42. The predicted molar refractivity (Wildman–Crippen MR) is 140 cm³/mol. The Morgan fingerprint density at radius 3 is 2.28 bits per heavy atom. The van der Waals surface area contributed by atoms with Gasteiger partial charge >= 0.3 is 0 Å². The minimum absolute atomic E-state index is 0.100. The fourth-order valence-corrected chi connectivity index (χ4v) is 5.42. The van der Waals surface area contributed by atoms with Crippen LogP contribution >= 0.6 is 11.6 Å². The molecule has 1 aliphatic carbocycles. The van der Waals surface area contributed by atoms with Gasteiger partial charge in [0.1, 0.15) is 6.04 Å². The van der Waals surface area contributed by atoms with Crippen molar-refractivity contribution in [2.75, 3.05) is 4.90 Å². The first-order chi connectivity index (χ1) is 17.3. The highest BCUT2D eigenvalue weighted by atomic mass is 35.5. The standard InChI is InChI=1S/C28H25ClN4O3/c1-16-13-20(15-31(3)26(16)34)33-24(17-6-8-18(29)9-7-17)25-22(28(33)36)14-23(32(25)19-10-11-19)21-5-4-12-30(2)27(21)35/h4-9,12-15,19,24H,10-11H2,1-3H3. The van der Waals surface area contributed by atoms with Gasteiger partial charge in [-0.3, -0.25) is 19.3 Å². The van der Waals surface area contributed by atoms with Gasteiger partial charge in [-0.05, 0) is 61.7 Å². The number of amides is 1. The SMILES string of the molecule is Cc1cc(N2C(=O)c3cc(-c4cccn(C)c4=O)n(C4CC4)c3C2c2ccc(Cl)cc2)cn(C)c1=O. The highest BCUT2D eigenvalue weighted by Gasteiger charge is 2.45. The third kappa shape index (κ3) is 3.38. The summed E-state index contributed by atoms with van der Waals surface area (Å²) in [6.07, 6.45) is 5.41. The zero-order valence-corrected chi connectivity index (χ0v) is 21.0. The lowest BCUT2D eigenvalue weighted by Crippen LogP contribution is -2.32. The van der Waals surface area contributed by atoms with Gasteiger partial charge in [-0.2, -0.15) is 0 Å². The lowest BCUT2D eigenvalue weighted by Gasteiger charge is -2.28. The molecular weight excluding hydrogens is 476 g/mol. The molecule has 0 spiro atoms. The minimum atomic E-state index is -0.427. The Hall–Kier alpha value is -3.84. The van der Waals surface area contributed by atoms with E-state index in [0.29, 0.717) is 27.4 Å². The molecule has 1 saturated carbocycles. The van der Waals surface area contributed by atoms with Crippen molar-refractivity contribution in [3.8, 4) is 11.3 Å². The van der Waals surface area contributed by atoms with Gasteiger partial charge in [-0.1, -0.05) is 23.7 Å². The zero-order chi connectivity index (χ0) is 25.3. The number of hydrogen-bond donors (Lipinski definition) is 0. The van der Waals surface area contributed by atoms with Gasteiger partial charge in [0, 0.05) is 43.1 Å². The Bertz CT molecular complexity index is 1630. The smallest absolute Gasteiger partial charge is 0.261 e. The molecule has 1 unspecified atom stereocenters. The predicted octanol–water partition coefficient (Wildman–Crippen LogP) is 4.60. The number of nitrogens with zero attached hydrogens (tertiary/aromatic N) is 4. The number of aromatic nitrogens is 3. The Morgan fingerprint density at radius 2 is 1.61 bits per heavy atom. The van der Waals surface area contributed by atoms with Gasteiger partial charge in [0.05, 0.1) is 28.2 Å². The maximum Gasteiger partial charge on any atom is 0.261 e. The van der Waals surface area contributed by atoms with Crippen molar-refractivity contribution < 1.29 is 4.79 Å². The fourth-order valence-electron chi connectivity index (χ4n) is 5.29. The molecule has 0 N–H and O–H groups in total. The average molecular weight is 501 g/mol. The summed E-state index contributed by atoms with van der Waals surface area (Å²) in [5.41, 5.74) is 4.72. The monoisotopic (exact) mass is 500 g/mol. The molecule has 4 heterocycles. The average Bonchev–Trinajstić information content (AvgIpc) is 3.56. The van der Waals surface area contributed by atoms with Crippen molar-refractivity contribution in [1.82, 2.24) is 13.7 Å². The normalized spacial score (nSPS) is 17.1. The van der Waals surface area contributed by atoms with Gasteiger partial charge in [-0.15, -0.1) is 0 Å². The number of benzene rings is 1. The van der Waals surface area contributed by atoms with E-state index >= 15 is 0 Å². The van der Waals surface area contributed by atoms with Gasteiger partial charge in [0.25, 0.3) is 17.0 Å². The van der Waals surface area contributed by atoms with E-state index in [2.05, 4.69) is 4.57 Å². The molecule has 0 saturated heterocycles. The quantitative estimate of drug-likeness (QED) is 0.411. The zero-order valence-electron chi connectivity index (χ0n) is 20.2. The van der Waals surface area contributed by atoms with Crippen LogP contribution in [0, 0.1) is 6.92 Å². The van der Waals surface area contributed by atoms with Gasteiger partial charge < -0.3 is 13.7 Å². The molecule has 182 valence electrons. The molecule has 1 aromatic carbocycles. The van der Waals surface area contributed by atoms with Crippen LogP contribution in [0.1, 0.15) is 52.1 Å². The molecule has 6 rings (SSSR count). The van der Waals surface area contributed by atoms with Crippen molar-refractivity contribution in [3.05, 3.63) is 109 Å². The third-order valence-electron chi connectivity index (χ3n) is 7.17.